The number of halogens is 1. The second kappa shape index (κ2) is 8.49. The lowest BCUT2D eigenvalue weighted by atomic mass is 10.1. The molecule has 0 spiro atoms. The predicted molar refractivity (Wildman–Crippen MR) is 86.7 cm³/mol. The maximum atomic E-state index is 10.3. The fourth-order valence-electron chi connectivity index (χ4n) is 1.63. The number of hydrogen-bond acceptors (Lipinski definition) is 6. The molecule has 0 saturated carbocycles. The van der Waals surface area contributed by atoms with Crippen LogP contribution in [0.5, 0.6) is 0 Å². The van der Waals surface area contributed by atoms with Gasteiger partial charge in [0.1, 0.15) is 6.29 Å². The van der Waals surface area contributed by atoms with E-state index in [2.05, 4.69) is 0 Å². The van der Waals surface area contributed by atoms with Crippen LogP contribution in [0.3, 0.4) is 0 Å². The molecule has 0 heterocycles. The van der Waals surface area contributed by atoms with E-state index in [0.717, 1.165) is 6.07 Å². The van der Waals surface area contributed by atoms with Crippen molar-refractivity contribution in [2.75, 3.05) is 0 Å². The van der Waals surface area contributed by atoms with Crippen LogP contribution in [0.15, 0.2) is 36.4 Å². The molecule has 0 unspecified atom stereocenters. The van der Waals surface area contributed by atoms with Gasteiger partial charge < -0.3 is 0 Å². The molecular weight excluding hydrogens is 340 g/mol. The third kappa shape index (κ3) is 4.96. The van der Waals surface area contributed by atoms with Crippen LogP contribution >= 0.6 is 11.6 Å². The van der Waals surface area contributed by atoms with Crippen molar-refractivity contribution in [3.63, 3.8) is 0 Å². The lowest BCUT2D eigenvalue weighted by Crippen LogP contribution is -1.91. The van der Waals surface area contributed by atoms with Gasteiger partial charge in [0.05, 0.1) is 14.9 Å². The maximum absolute atomic E-state index is 10.3. The highest BCUT2D eigenvalue weighted by Crippen LogP contribution is 2.20. The molecule has 0 aliphatic heterocycles. The minimum atomic E-state index is -0.569. The van der Waals surface area contributed by atoms with Gasteiger partial charge in [-0.15, -0.1) is 0 Å². The molecule has 8 nitrogen and oxygen atoms in total. The van der Waals surface area contributed by atoms with Crippen LogP contribution in [0.1, 0.15) is 26.3 Å². The quantitative estimate of drug-likeness (QED) is 0.470. The number of rotatable bonds is 4. The first-order valence-electron chi connectivity index (χ1n) is 6.39. The summed E-state index contributed by atoms with van der Waals surface area (Å²) in [4.78, 5) is 40.0. The summed E-state index contributed by atoms with van der Waals surface area (Å²) in [6, 6.07) is 7.83. The van der Waals surface area contributed by atoms with Crippen molar-refractivity contribution in [3.05, 3.63) is 78.3 Å². The van der Waals surface area contributed by atoms with E-state index < -0.39 is 9.85 Å². The maximum Gasteiger partial charge on any atom is 0.270 e. The SMILES string of the molecule is Cc1cc([N+](=O)[O-])ccc1C=O.O=Cc1ccc([N+](=O)[O-])cc1Cl. The summed E-state index contributed by atoms with van der Waals surface area (Å²) in [5.74, 6) is 0. The monoisotopic (exact) mass is 350 g/mol. The van der Waals surface area contributed by atoms with E-state index >= 15 is 0 Å². The molecule has 2 rings (SSSR count). The Morgan fingerprint density at radius 1 is 0.875 bits per heavy atom. The Bertz CT molecular complexity index is 739. The first kappa shape index (κ1) is 18.9. The topological polar surface area (TPSA) is 120 Å². The van der Waals surface area contributed by atoms with Crippen LogP contribution in [-0.2, 0) is 0 Å². The van der Waals surface area contributed by atoms with Gasteiger partial charge in [0, 0.05) is 35.4 Å². The highest BCUT2D eigenvalue weighted by atomic mass is 35.5. The van der Waals surface area contributed by atoms with Crippen LogP contribution in [0, 0.1) is 27.2 Å². The van der Waals surface area contributed by atoms with Crippen LogP contribution in [0.25, 0.3) is 0 Å². The summed E-state index contributed by atoms with van der Waals surface area (Å²) in [5.41, 5.74) is 1.26. The summed E-state index contributed by atoms with van der Waals surface area (Å²) < 4.78 is 0. The van der Waals surface area contributed by atoms with Crippen molar-refractivity contribution in [1.29, 1.82) is 0 Å². The number of non-ortho nitro benzene ring substituents is 2. The van der Waals surface area contributed by atoms with Crippen molar-refractivity contribution >= 4 is 35.5 Å². The number of carbonyl (C=O) groups excluding carboxylic acids is 2. The fourth-order valence-corrected chi connectivity index (χ4v) is 1.85. The molecule has 0 aliphatic rings. The Balaban J connectivity index is 0.000000240. The zero-order chi connectivity index (χ0) is 18.3. The number of nitrogens with zero attached hydrogens (tertiary/aromatic N) is 2. The highest BCUT2D eigenvalue weighted by Gasteiger charge is 2.08. The van der Waals surface area contributed by atoms with Crippen LogP contribution in [-0.4, -0.2) is 22.4 Å². The molecule has 0 bridgehead atoms. The lowest BCUT2D eigenvalue weighted by molar-refractivity contribution is -0.385. The largest absolute Gasteiger partial charge is 0.298 e. The molecule has 0 amide bonds. The molecule has 2 aromatic carbocycles. The molecule has 2 aromatic rings. The summed E-state index contributed by atoms with van der Waals surface area (Å²) >= 11 is 5.54. The molecule has 124 valence electrons. The van der Waals surface area contributed by atoms with Gasteiger partial charge in [0.2, 0.25) is 0 Å². The zero-order valence-electron chi connectivity index (χ0n) is 12.3. The van der Waals surface area contributed by atoms with Crippen LogP contribution in [0.4, 0.5) is 11.4 Å². The molecule has 0 fully saturated rings. The normalized spacial score (nSPS) is 9.42. The van der Waals surface area contributed by atoms with E-state index in [1.54, 1.807) is 6.92 Å². The number of benzene rings is 2. The zero-order valence-corrected chi connectivity index (χ0v) is 13.1. The van der Waals surface area contributed by atoms with E-state index in [9.17, 15) is 29.8 Å². The van der Waals surface area contributed by atoms with Crippen molar-refractivity contribution in [3.8, 4) is 0 Å². The lowest BCUT2D eigenvalue weighted by Gasteiger charge is -1.96. The Kier molecular flexibility index (Phi) is 6.69. The van der Waals surface area contributed by atoms with Gasteiger partial charge in [-0.25, -0.2) is 0 Å². The molecular formula is C15H11ClN2O6. The summed E-state index contributed by atoms with van der Waals surface area (Å²) in [6.07, 6.45) is 1.23. The molecule has 24 heavy (non-hydrogen) atoms. The summed E-state index contributed by atoms with van der Waals surface area (Å²) in [7, 11) is 0. The number of hydrogen-bond donors (Lipinski definition) is 0. The predicted octanol–water partition coefficient (Wildman–Crippen LogP) is 3.78. The van der Waals surface area contributed by atoms with Gasteiger partial charge in [-0.1, -0.05) is 11.6 Å². The minimum absolute atomic E-state index is 0.0121. The fraction of sp³-hybridized carbons (Fsp3) is 0.0667. The number of nitro benzene ring substituents is 2. The highest BCUT2D eigenvalue weighted by molar-refractivity contribution is 6.33. The first-order chi connectivity index (χ1) is 11.3. The number of aldehydes is 2. The molecule has 0 aliphatic carbocycles. The molecule has 0 aromatic heterocycles. The Hall–Kier alpha value is -3.13. The molecule has 0 N–H and O–H groups in total. The van der Waals surface area contributed by atoms with Gasteiger partial charge in [0.25, 0.3) is 11.4 Å². The summed E-state index contributed by atoms with van der Waals surface area (Å²) in [5, 5.41) is 20.6. The molecule has 0 saturated heterocycles. The van der Waals surface area contributed by atoms with Gasteiger partial charge >= 0.3 is 0 Å². The van der Waals surface area contributed by atoms with Gasteiger partial charge in [-0.2, -0.15) is 0 Å². The van der Waals surface area contributed by atoms with Gasteiger partial charge in [-0.3, -0.25) is 29.8 Å². The van der Waals surface area contributed by atoms with E-state index in [0.29, 0.717) is 23.7 Å². The number of nitro groups is 2. The Morgan fingerprint density at radius 3 is 1.71 bits per heavy atom. The van der Waals surface area contributed by atoms with E-state index in [1.807, 2.05) is 0 Å². The number of aryl methyl sites for hydroxylation is 1. The van der Waals surface area contributed by atoms with Crippen molar-refractivity contribution in [1.82, 2.24) is 0 Å². The first-order valence-corrected chi connectivity index (χ1v) is 6.77. The van der Waals surface area contributed by atoms with E-state index in [4.69, 9.17) is 11.6 Å². The van der Waals surface area contributed by atoms with Crippen LogP contribution < -0.4 is 0 Å². The van der Waals surface area contributed by atoms with Crippen LogP contribution in [0.2, 0.25) is 5.02 Å². The second-order valence-corrected chi connectivity index (χ2v) is 4.90. The standard InChI is InChI=1S/C8H7NO3.C7H4ClNO3/c1-6-4-8(9(11)12)3-2-7(6)5-10;8-7-3-6(9(11)12)2-1-5(7)4-10/h2-5H,1H3;1-4H. The van der Waals surface area contributed by atoms with Crippen molar-refractivity contribution in [2.24, 2.45) is 0 Å². The second-order valence-electron chi connectivity index (χ2n) is 4.50. The third-order valence-electron chi connectivity index (χ3n) is 2.91. The van der Waals surface area contributed by atoms with Gasteiger partial charge in [0.15, 0.2) is 6.29 Å². The summed E-state index contributed by atoms with van der Waals surface area (Å²) in [6.45, 7) is 1.66. The van der Waals surface area contributed by atoms with E-state index in [-0.39, 0.29) is 22.0 Å². The van der Waals surface area contributed by atoms with Crippen molar-refractivity contribution in [2.45, 2.75) is 6.92 Å². The Labute approximate surface area is 141 Å². The molecule has 0 atom stereocenters. The number of carbonyl (C=O) groups is 2. The average molecular weight is 351 g/mol. The van der Waals surface area contributed by atoms with Crippen molar-refractivity contribution < 1.29 is 19.4 Å². The van der Waals surface area contributed by atoms with E-state index in [1.165, 1.54) is 30.3 Å². The minimum Gasteiger partial charge on any atom is -0.298 e. The van der Waals surface area contributed by atoms with Gasteiger partial charge in [-0.05, 0) is 24.6 Å². The smallest absolute Gasteiger partial charge is 0.270 e. The average Bonchev–Trinajstić information content (AvgIpc) is 2.55. The molecule has 9 heteroatoms. The third-order valence-corrected chi connectivity index (χ3v) is 3.24. The molecule has 0 radical (unpaired) electrons. The Morgan fingerprint density at radius 2 is 1.33 bits per heavy atom.